The molecule has 1 aromatic heterocycles. The molecule has 1 fully saturated rings. The van der Waals surface area contributed by atoms with Crippen LogP contribution in [0.4, 0.5) is 8.78 Å². The molecule has 0 aliphatic carbocycles. The zero-order valence-electron chi connectivity index (χ0n) is 13.0. The number of aromatic carboxylic acids is 1. The number of alkyl halides is 2. The third-order valence-corrected chi connectivity index (χ3v) is 4.43. The Labute approximate surface area is 137 Å². The zero-order valence-corrected chi connectivity index (χ0v) is 13.0. The van der Waals surface area contributed by atoms with Crippen molar-refractivity contribution in [3.63, 3.8) is 0 Å². The van der Waals surface area contributed by atoms with Gasteiger partial charge in [0, 0.05) is 24.1 Å². The van der Waals surface area contributed by atoms with Crippen molar-refractivity contribution in [1.29, 1.82) is 0 Å². The summed E-state index contributed by atoms with van der Waals surface area (Å²) in [6.45, 7) is 1.99. The number of carboxylic acids is 1. The topological polar surface area (TPSA) is 66.6 Å². The third-order valence-electron chi connectivity index (χ3n) is 4.43. The van der Waals surface area contributed by atoms with E-state index in [1.54, 1.807) is 18.2 Å². The normalized spacial score (nSPS) is 16.6. The number of hydrogen-bond acceptors (Lipinski definition) is 4. The molecule has 7 heteroatoms. The van der Waals surface area contributed by atoms with E-state index in [4.69, 9.17) is 9.63 Å². The van der Waals surface area contributed by atoms with Gasteiger partial charge >= 0.3 is 5.97 Å². The van der Waals surface area contributed by atoms with E-state index < -0.39 is 12.4 Å². The summed E-state index contributed by atoms with van der Waals surface area (Å²) < 4.78 is 30.9. The van der Waals surface area contributed by atoms with Gasteiger partial charge < -0.3 is 9.63 Å². The minimum Gasteiger partial charge on any atom is -0.475 e. The number of likely N-dealkylation sites (tertiary alicyclic amines) is 1. The van der Waals surface area contributed by atoms with E-state index in [0.717, 1.165) is 25.9 Å². The highest BCUT2D eigenvalue weighted by Crippen LogP contribution is 2.30. The Bertz CT molecular complexity index is 709. The lowest BCUT2D eigenvalue weighted by Gasteiger charge is -2.31. The molecule has 0 spiro atoms. The molecule has 1 aliphatic heterocycles. The predicted octanol–water partition coefficient (Wildman–Crippen LogP) is 3.69. The highest BCUT2D eigenvalue weighted by atomic mass is 19.3. The number of halogens is 2. The molecule has 5 nitrogen and oxygen atoms in total. The molecule has 2 heterocycles. The second-order valence-electron chi connectivity index (χ2n) is 5.97. The molecule has 0 amide bonds. The van der Waals surface area contributed by atoms with Crippen LogP contribution in [0.25, 0.3) is 0 Å². The average Bonchev–Trinajstić information content (AvgIpc) is 3.06. The lowest BCUT2D eigenvalue weighted by atomic mass is 9.93. The van der Waals surface area contributed by atoms with Gasteiger partial charge in [-0.1, -0.05) is 29.4 Å². The summed E-state index contributed by atoms with van der Waals surface area (Å²) in [7, 11) is 0. The van der Waals surface area contributed by atoms with E-state index in [1.165, 1.54) is 12.1 Å². The fourth-order valence-corrected chi connectivity index (χ4v) is 3.10. The number of benzene rings is 1. The summed E-state index contributed by atoms with van der Waals surface area (Å²) in [5.74, 6) is -1.14. The summed E-state index contributed by atoms with van der Waals surface area (Å²) in [4.78, 5) is 13.0. The SMILES string of the molecule is O=C(O)c1cc(C2CCN(Cc3ccccc3C(F)F)CC2)no1. The van der Waals surface area contributed by atoms with Crippen molar-refractivity contribution in [2.24, 2.45) is 0 Å². The van der Waals surface area contributed by atoms with E-state index in [-0.39, 0.29) is 17.2 Å². The van der Waals surface area contributed by atoms with Crippen molar-refractivity contribution >= 4 is 5.97 Å². The van der Waals surface area contributed by atoms with Crippen molar-refractivity contribution < 1.29 is 23.2 Å². The van der Waals surface area contributed by atoms with Gasteiger partial charge in [-0.15, -0.1) is 0 Å². The van der Waals surface area contributed by atoms with E-state index in [1.807, 2.05) is 0 Å². The lowest BCUT2D eigenvalue weighted by molar-refractivity contribution is 0.0651. The van der Waals surface area contributed by atoms with Gasteiger partial charge in [0.15, 0.2) is 0 Å². The van der Waals surface area contributed by atoms with Crippen molar-refractivity contribution in [2.75, 3.05) is 13.1 Å². The first kappa shape index (κ1) is 16.6. The zero-order chi connectivity index (χ0) is 17.1. The van der Waals surface area contributed by atoms with Gasteiger partial charge in [-0.25, -0.2) is 13.6 Å². The third kappa shape index (κ3) is 3.62. The summed E-state index contributed by atoms with van der Waals surface area (Å²) in [6, 6.07) is 8.08. The van der Waals surface area contributed by atoms with Crippen molar-refractivity contribution in [3.05, 3.63) is 52.9 Å². The van der Waals surface area contributed by atoms with Crippen LogP contribution in [0.1, 0.15) is 52.6 Å². The van der Waals surface area contributed by atoms with Gasteiger partial charge in [0.2, 0.25) is 5.76 Å². The Morgan fingerprint density at radius 3 is 2.67 bits per heavy atom. The number of carbonyl (C=O) groups is 1. The number of hydrogen-bond donors (Lipinski definition) is 1. The average molecular weight is 336 g/mol. The van der Waals surface area contributed by atoms with Gasteiger partial charge in [0.25, 0.3) is 6.43 Å². The maximum Gasteiger partial charge on any atom is 0.374 e. The second-order valence-corrected chi connectivity index (χ2v) is 5.97. The van der Waals surface area contributed by atoms with Crippen LogP contribution in [-0.2, 0) is 6.54 Å². The quantitative estimate of drug-likeness (QED) is 0.902. The largest absolute Gasteiger partial charge is 0.475 e. The minimum atomic E-state index is -2.47. The first-order valence-electron chi connectivity index (χ1n) is 7.83. The number of piperidine rings is 1. The molecular formula is C17H18F2N2O3. The molecule has 128 valence electrons. The Balaban J connectivity index is 1.60. The van der Waals surface area contributed by atoms with Crippen LogP contribution < -0.4 is 0 Å². The molecule has 0 bridgehead atoms. The van der Waals surface area contributed by atoms with Gasteiger partial charge in [0.1, 0.15) is 0 Å². The molecule has 0 unspecified atom stereocenters. The Morgan fingerprint density at radius 2 is 2.04 bits per heavy atom. The van der Waals surface area contributed by atoms with Crippen molar-refractivity contribution in [2.45, 2.75) is 31.7 Å². The molecular weight excluding hydrogens is 318 g/mol. The van der Waals surface area contributed by atoms with Crippen molar-refractivity contribution in [3.8, 4) is 0 Å². The van der Waals surface area contributed by atoms with Gasteiger partial charge in [-0.05, 0) is 31.5 Å². The van der Waals surface area contributed by atoms with Gasteiger partial charge in [-0.3, -0.25) is 4.90 Å². The maximum absolute atomic E-state index is 13.0. The fraction of sp³-hybridized carbons (Fsp3) is 0.412. The number of aromatic nitrogens is 1. The highest BCUT2D eigenvalue weighted by Gasteiger charge is 2.25. The molecule has 0 saturated carbocycles. The van der Waals surface area contributed by atoms with Gasteiger partial charge in [0.05, 0.1) is 5.69 Å². The highest BCUT2D eigenvalue weighted by molar-refractivity contribution is 5.84. The van der Waals surface area contributed by atoms with E-state index in [9.17, 15) is 13.6 Å². The summed E-state index contributed by atoms with van der Waals surface area (Å²) in [5.41, 5.74) is 1.39. The molecule has 1 aliphatic rings. The van der Waals surface area contributed by atoms with Crippen LogP contribution in [-0.4, -0.2) is 34.2 Å². The molecule has 1 N–H and O–H groups in total. The monoisotopic (exact) mass is 336 g/mol. The first-order chi connectivity index (χ1) is 11.5. The molecule has 2 aromatic rings. The van der Waals surface area contributed by atoms with E-state index in [2.05, 4.69) is 10.1 Å². The molecule has 1 aromatic carbocycles. The summed E-state index contributed by atoms with van der Waals surface area (Å²) in [6.07, 6.45) is -0.881. The number of nitrogens with zero attached hydrogens (tertiary/aromatic N) is 2. The molecule has 0 atom stereocenters. The number of carboxylic acid groups (broad SMARTS) is 1. The molecule has 0 radical (unpaired) electrons. The number of rotatable bonds is 5. The van der Waals surface area contributed by atoms with E-state index in [0.29, 0.717) is 17.8 Å². The van der Waals surface area contributed by atoms with Crippen LogP contribution in [0, 0.1) is 0 Å². The van der Waals surface area contributed by atoms with Crippen LogP contribution in [0.5, 0.6) is 0 Å². The standard InChI is InChI=1S/C17H18F2N2O3/c18-16(19)13-4-2-1-3-12(13)10-21-7-5-11(6-8-21)14-9-15(17(22)23)24-20-14/h1-4,9,11,16H,5-8,10H2,(H,22,23). The maximum atomic E-state index is 13.0. The van der Waals surface area contributed by atoms with Gasteiger partial charge in [-0.2, -0.15) is 0 Å². The molecule has 24 heavy (non-hydrogen) atoms. The van der Waals surface area contributed by atoms with Crippen LogP contribution in [0.3, 0.4) is 0 Å². The van der Waals surface area contributed by atoms with Crippen LogP contribution in [0.2, 0.25) is 0 Å². The lowest BCUT2D eigenvalue weighted by Crippen LogP contribution is -2.32. The Kier molecular flexibility index (Phi) is 4.89. The fourth-order valence-electron chi connectivity index (χ4n) is 3.10. The van der Waals surface area contributed by atoms with Crippen molar-refractivity contribution in [1.82, 2.24) is 10.1 Å². The Hall–Kier alpha value is -2.28. The Morgan fingerprint density at radius 1 is 1.33 bits per heavy atom. The predicted molar refractivity (Wildman–Crippen MR) is 82.1 cm³/mol. The molecule has 3 rings (SSSR count). The summed E-state index contributed by atoms with van der Waals surface area (Å²) in [5, 5.41) is 12.7. The minimum absolute atomic E-state index is 0.0854. The first-order valence-corrected chi connectivity index (χ1v) is 7.83. The summed E-state index contributed by atoms with van der Waals surface area (Å²) >= 11 is 0. The van der Waals surface area contributed by atoms with E-state index >= 15 is 0 Å². The van der Waals surface area contributed by atoms with Crippen LogP contribution in [0.15, 0.2) is 34.9 Å². The second kappa shape index (κ2) is 7.09. The molecule has 1 saturated heterocycles. The van der Waals surface area contributed by atoms with Crippen LogP contribution >= 0.6 is 0 Å². The smallest absolute Gasteiger partial charge is 0.374 e.